The summed E-state index contributed by atoms with van der Waals surface area (Å²) in [5.74, 6) is 0.497. The summed E-state index contributed by atoms with van der Waals surface area (Å²) in [6, 6.07) is 20.6. The lowest BCUT2D eigenvalue weighted by Crippen LogP contribution is -2.48. The van der Waals surface area contributed by atoms with Gasteiger partial charge in [-0.05, 0) is 48.5 Å². The van der Waals surface area contributed by atoms with Crippen molar-refractivity contribution in [2.24, 2.45) is 0 Å². The summed E-state index contributed by atoms with van der Waals surface area (Å²) >= 11 is 0. The fourth-order valence-corrected chi connectivity index (χ4v) is 3.44. The van der Waals surface area contributed by atoms with Crippen LogP contribution in [0.5, 0.6) is 0 Å². The zero-order valence-electron chi connectivity index (χ0n) is 16.1. The van der Waals surface area contributed by atoms with Gasteiger partial charge in [0.25, 0.3) is 11.8 Å². The van der Waals surface area contributed by atoms with Crippen molar-refractivity contribution in [3.63, 3.8) is 0 Å². The van der Waals surface area contributed by atoms with E-state index >= 15 is 0 Å². The Balaban J connectivity index is 1.32. The van der Waals surface area contributed by atoms with Crippen molar-refractivity contribution in [3.8, 4) is 0 Å². The van der Waals surface area contributed by atoms with Crippen molar-refractivity contribution >= 4 is 17.5 Å². The summed E-state index contributed by atoms with van der Waals surface area (Å²) in [7, 11) is 0. The number of rotatable bonds is 5. The number of hydrogen-bond donors (Lipinski definition) is 1. The van der Waals surface area contributed by atoms with Crippen molar-refractivity contribution in [2.45, 2.75) is 6.54 Å². The molecule has 0 radical (unpaired) electrons. The number of carbonyl (C=O) groups is 2. The lowest BCUT2D eigenvalue weighted by Gasteiger charge is -2.36. The predicted molar refractivity (Wildman–Crippen MR) is 111 cm³/mol. The van der Waals surface area contributed by atoms with Crippen molar-refractivity contribution in [1.82, 2.24) is 10.2 Å². The number of carbonyl (C=O) groups excluding carboxylic acids is 2. The maximum atomic E-state index is 12.8. The quantitative estimate of drug-likeness (QED) is 0.728. The molecule has 0 bridgehead atoms. The van der Waals surface area contributed by atoms with Crippen LogP contribution in [0.25, 0.3) is 0 Å². The highest BCUT2D eigenvalue weighted by molar-refractivity contribution is 5.97. The molecule has 2 heterocycles. The highest BCUT2D eigenvalue weighted by Crippen LogP contribution is 2.17. The zero-order valence-corrected chi connectivity index (χ0v) is 16.1. The fourth-order valence-electron chi connectivity index (χ4n) is 3.44. The Morgan fingerprint density at radius 3 is 2.17 bits per heavy atom. The molecule has 1 aliphatic rings. The molecule has 1 N–H and O–H groups in total. The fraction of sp³-hybridized carbons (Fsp3) is 0.217. The summed E-state index contributed by atoms with van der Waals surface area (Å²) < 4.78 is 5.20. The van der Waals surface area contributed by atoms with Crippen LogP contribution >= 0.6 is 0 Å². The second kappa shape index (κ2) is 8.65. The third kappa shape index (κ3) is 4.48. The molecule has 1 aliphatic heterocycles. The van der Waals surface area contributed by atoms with E-state index in [9.17, 15) is 9.59 Å². The predicted octanol–water partition coefficient (Wildman–Crippen LogP) is 3.17. The van der Waals surface area contributed by atoms with Gasteiger partial charge in [0.05, 0.1) is 12.8 Å². The average molecular weight is 389 g/mol. The Bertz CT molecular complexity index is 945. The first-order chi connectivity index (χ1) is 14.2. The lowest BCUT2D eigenvalue weighted by atomic mass is 10.1. The van der Waals surface area contributed by atoms with Gasteiger partial charge in [-0.15, -0.1) is 0 Å². The Kier molecular flexibility index (Phi) is 5.61. The average Bonchev–Trinajstić information content (AvgIpc) is 3.31. The standard InChI is InChI=1S/C23H23N3O3/c27-22(24-17-21-7-4-16-29-21)18-8-10-19(11-9-18)23(28)26-14-12-25(13-15-26)20-5-2-1-3-6-20/h1-11,16H,12-15,17H2,(H,24,27). The first kappa shape index (κ1) is 18.8. The van der Waals surface area contributed by atoms with E-state index in [0.717, 1.165) is 13.1 Å². The minimum absolute atomic E-state index is 0.000236. The lowest BCUT2D eigenvalue weighted by molar-refractivity contribution is 0.0746. The number of furan rings is 1. The molecule has 6 nitrogen and oxygen atoms in total. The molecular formula is C23H23N3O3. The van der Waals surface area contributed by atoms with Gasteiger partial charge < -0.3 is 19.5 Å². The number of para-hydroxylation sites is 1. The van der Waals surface area contributed by atoms with E-state index in [1.807, 2.05) is 23.1 Å². The van der Waals surface area contributed by atoms with Crippen LogP contribution in [0.1, 0.15) is 26.5 Å². The van der Waals surface area contributed by atoms with Crippen LogP contribution in [0, 0.1) is 0 Å². The van der Waals surface area contributed by atoms with Gasteiger partial charge in [0.1, 0.15) is 5.76 Å². The first-order valence-electron chi connectivity index (χ1n) is 9.70. The van der Waals surface area contributed by atoms with Gasteiger partial charge >= 0.3 is 0 Å². The van der Waals surface area contributed by atoms with Gasteiger partial charge in [0.2, 0.25) is 0 Å². The van der Waals surface area contributed by atoms with Crippen LogP contribution in [0.2, 0.25) is 0 Å². The molecule has 0 aliphatic carbocycles. The van der Waals surface area contributed by atoms with Gasteiger partial charge in [0.15, 0.2) is 0 Å². The minimum atomic E-state index is -0.197. The van der Waals surface area contributed by atoms with Crippen LogP contribution in [-0.4, -0.2) is 42.9 Å². The molecule has 1 fully saturated rings. The molecule has 4 rings (SSSR count). The van der Waals surface area contributed by atoms with Crippen molar-refractivity contribution in [3.05, 3.63) is 89.9 Å². The molecule has 0 saturated carbocycles. The highest BCUT2D eigenvalue weighted by Gasteiger charge is 2.22. The van der Waals surface area contributed by atoms with Crippen LogP contribution in [0.4, 0.5) is 5.69 Å². The van der Waals surface area contributed by atoms with Gasteiger partial charge in [-0.3, -0.25) is 9.59 Å². The number of nitrogens with zero attached hydrogens (tertiary/aromatic N) is 2. The summed E-state index contributed by atoms with van der Waals surface area (Å²) in [5, 5.41) is 2.80. The first-order valence-corrected chi connectivity index (χ1v) is 9.70. The molecule has 2 aromatic carbocycles. The molecule has 0 atom stereocenters. The second-order valence-electron chi connectivity index (χ2n) is 6.95. The SMILES string of the molecule is O=C(NCc1ccco1)c1ccc(C(=O)N2CCN(c3ccccc3)CC2)cc1. The molecule has 1 aromatic heterocycles. The largest absolute Gasteiger partial charge is 0.467 e. The van der Waals surface area contributed by atoms with Gasteiger partial charge in [-0.2, -0.15) is 0 Å². The molecule has 1 saturated heterocycles. The Labute approximate surface area is 169 Å². The van der Waals surface area contributed by atoms with Gasteiger partial charge in [0, 0.05) is 43.0 Å². The Morgan fingerprint density at radius 1 is 0.828 bits per heavy atom. The second-order valence-corrected chi connectivity index (χ2v) is 6.95. The summed E-state index contributed by atoms with van der Waals surface area (Å²) in [4.78, 5) is 29.2. The molecule has 148 valence electrons. The van der Waals surface area contributed by atoms with E-state index in [4.69, 9.17) is 4.42 Å². The third-order valence-electron chi connectivity index (χ3n) is 5.09. The number of anilines is 1. The van der Waals surface area contributed by atoms with E-state index in [0.29, 0.717) is 36.5 Å². The van der Waals surface area contributed by atoms with Gasteiger partial charge in [-0.1, -0.05) is 18.2 Å². The molecule has 0 unspecified atom stereocenters. The number of piperazine rings is 1. The topological polar surface area (TPSA) is 65.8 Å². The summed E-state index contributed by atoms with van der Waals surface area (Å²) in [6.07, 6.45) is 1.57. The summed E-state index contributed by atoms with van der Waals surface area (Å²) in [5.41, 5.74) is 2.30. The molecule has 6 heteroatoms. The van der Waals surface area contributed by atoms with Crippen LogP contribution in [0.3, 0.4) is 0 Å². The number of hydrogen-bond acceptors (Lipinski definition) is 4. The van der Waals surface area contributed by atoms with E-state index in [1.54, 1.807) is 42.7 Å². The number of nitrogens with one attached hydrogen (secondary N) is 1. The highest BCUT2D eigenvalue weighted by atomic mass is 16.3. The molecule has 3 aromatic rings. The van der Waals surface area contributed by atoms with Gasteiger partial charge in [-0.25, -0.2) is 0 Å². The molecule has 0 spiro atoms. The Hall–Kier alpha value is -3.54. The maximum absolute atomic E-state index is 12.8. The maximum Gasteiger partial charge on any atom is 0.253 e. The normalized spacial score (nSPS) is 13.9. The van der Waals surface area contributed by atoms with Crippen molar-refractivity contribution < 1.29 is 14.0 Å². The molecule has 2 amide bonds. The van der Waals surface area contributed by atoms with E-state index in [1.165, 1.54) is 5.69 Å². The minimum Gasteiger partial charge on any atom is -0.467 e. The monoisotopic (exact) mass is 389 g/mol. The van der Waals surface area contributed by atoms with Crippen molar-refractivity contribution in [1.29, 1.82) is 0 Å². The molecule has 29 heavy (non-hydrogen) atoms. The van der Waals surface area contributed by atoms with Crippen LogP contribution in [-0.2, 0) is 6.54 Å². The van der Waals surface area contributed by atoms with E-state index < -0.39 is 0 Å². The number of amides is 2. The van der Waals surface area contributed by atoms with E-state index in [2.05, 4.69) is 22.3 Å². The smallest absolute Gasteiger partial charge is 0.253 e. The Morgan fingerprint density at radius 2 is 1.52 bits per heavy atom. The van der Waals surface area contributed by atoms with E-state index in [-0.39, 0.29) is 11.8 Å². The third-order valence-corrected chi connectivity index (χ3v) is 5.09. The van der Waals surface area contributed by atoms with Crippen LogP contribution < -0.4 is 10.2 Å². The summed E-state index contributed by atoms with van der Waals surface area (Å²) in [6.45, 7) is 3.31. The van der Waals surface area contributed by atoms with Crippen LogP contribution in [0.15, 0.2) is 77.4 Å². The van der Waals surface area contributed by atoms with Crippen molar-refractivity contribution in [2.75, 3.05) is 31.1 Å². The molecular weight excluding hydrogens is 366 g/mol. The zero-order chi connectivity index (χ0) is 20.1. The number of benzene rings is 2.